The lowest BCUT2D eigenvalue weighted by Gasteiger charge is -2.24. The van der Waals surface area contributed by atoms with Gasteiger partial charge >= 0.3 is 0 Å². The fourth-order valence-electron chi connectivity index (χ4n) is 2.67. The van der Waals surface area contributed by atoms with Crippen LogP contribution in [0.4, 0.5) is 15.8 Å². The predicted molar refractivity (Wildman–Crippen MR) is 103 cm³/mol. The van der Waals surface area contributed by atoms with Crippen LogP contribution in [0.15, 0.2) is 42.5 Å². The molecule has 0 unspecified atom stereocenters. The summed E-state index contributed by atoms with van der Waals surface area (Å²) < 4.78 is 23.9. The van der Waals surface area contributed by atoms with E-state index in [4.69, 9.17) is 9.47 Å². The highest BCUT2D eigenvalue weighted by molar-refractivity contribution is 5.96. The molecule has 0 saturated carbocycles. The van der Waals surface area contributed by atoms with Gasteiger partial charge in [-0.25, -0.2) is 4.39 Å². The molecule has 1 aliphatic heterocycles. The summed E-state index contributed by atoms with van der Waals surface area (Å²) in [6, 6.07) is 10.1. The largest absolute Gasteiger partial charge is 0.486 e. The summed E-state index contributed by atoms with van der Waals surface area (Å²) in [5.74, 6) is 0.303. The fraction of sp³-hybridized carbons (Fsp3) is 0.300. The summed E-state index contributed by atoms with van der Waals surface area (Å²) in [6.45, 7) is 2.68. The van der Waals surface area contributed by atoms with Gasteiger partial charge < -0.3 is 20.1 Å². The number of hydrogen-bond acceptors (Lipinski definition) is 5. The lowest BCUT2D eigenvalue weighted by Crippen LogP contribution is -2.43. The number of benzene rings is 2. The standard InChI is InChI=1S/C20H22FN3O4/c1-13(24(2)12-19(25)22-15-5-3-14(21)4-6-15)20(26)23-16-7-8-17-18(11-16)28-10-9-27-17/h3-8,11,13H,9-10,12H2,1-2H3,(H,22,25)(H,23,26)/t13-/m0/s1. The summed E-state index contributed by atoms with van der Waals surface area (Å²) in [5, 5.41) is 5.48. The van der Waals surface area contributed by atoms with Crippen LogP contribution in [-0.2, 0) is 9.59 Å². The maximum atomic E-state index is 12.9. The highest BCUT2D eigenvalue weighted by Crippen LogP contribution is 2.32. The monoisotopic (exact) mass is 387 g/mol. The number of ether oxygens (including phenoxy) is 2. The number of rotatable bonds is 6. The van der Waals surface area contributed by atoms with Crippen molar-refractivity contribution in [2.75, 3.05) is 37.4 Å². The van der Waals surface area contributed by atoms with Crippen LogP contribution < -0.4 is 20.1 Å². The molecule has 0 fully saturated rings. The molecule has 1 aliphatic rings. The van der Waals surface area contributed by atoms with Crippen molar-refractivity contribution in [2.45, 2.75) is 13.0 Å². The van der Waals surface area contributed by atoms with Gasteiger partial charge in [-0.05, 0) is 50.4 Å². The average molecular weight is 387 g/mol. The molecule has 0 spiro atoms. The number of carbonyl (C=O) groups is 2. The lowest BCUT2D eigenvalue weighted by atomic mass is 10.2. The van der Waals surface area contributed by atoms with Gasteiger partial charge in [0.15, 0.2) is 11.5 Å². The van der Waals surface area contributed by atoms with Crippen molar-refractivity contribution in [3.63, 3.8) is 0 Å². The molecule has 0 aromatic heterocycles. The van der Waals surface area contributed by atoms with Gasteiger partial charge in [-0.15, -0.1) is 0 Å². The molecular formula is C20H22FN3O4. The number of nitrogens with one attached hydrogen (secondary N) is 2. The summed E-state index contributed by atoms with van der Waals surface area (Å²) in [5.41, 5.74) is 1.08. The van der Waals surface area contributed by atoms with E-state index in [0.29, 0.717) is 36.1 Å². The van der Waals surface area contributed by atoms with Gasteiger partial charge in [0.2, 0.25) is 11.8 Å². The van der Waals surface area contributed by atoms with E-state index in [2.05, 4.69) is 10.6 Å². The van der Waals surface area contributed by atoms with Crippen LogP contribution in [0.25, 0.3) is 0 Å². The fourth-order valence-corrected chi connectivity index (χ4v) is 2.67. The number of nitrogens with zero attached hydrogens (tertiary/aromatic N) is 1. The number of carbonyl (C=O) groups excluding carboxylic acids is 2. The van der Waals surface area contributed by atoms with Crippen LogP contribution >= 0.6 is 0 Å². The maximum Gasteiger partial charge on any atom is 0.241 e. The molecule has 28 heavy (non-hydrogen) atoms. The number of fused-ring (bicyclic) bond motifs is 1. The van der Waals surface area contributed by atoms with Crippen molar-refractivity contribution in [3.8, 4) is 11.5 Å². The van der Waals surface area contributed by atoms with Gasteiger partial charge in [0.05, 0.1) is 12.6 Å². The Morgan fingerprint density at radius 3 is 2.39 bits per heavy atom. The van der Waals surface area contributed by atoms with Gasteiger partial charge in [0.25, 0.3) is 0 Å². The molecule has 0 aliphatic carbocycles. The van der Waals surface area contributed by atoms with E-state index < -0.39 is 6.04 Å². The first-order valence-corrected chi connectivity index (χ1v) is 8.88. The molecule has 2 N–H and O–H groups in total. The van der Waals surface area contributed by atoms with E-state index in [1.54, 1.807) is 37.1 Å². The van der Waals surface area contributed by atoms with Gasteiger partial charge in [0, 0.05) is 17.4 Å². The number of amides is 2. The van der Waals surface area contributed by atoms with E-state index in [1.807, 2.05) is 0 Å². The molecule has 1 heterocycles. The van der Waals surface area contributed by atoms with E-state index in [-0.39, 0.29) is 24.2 Å². The maximum absolute atomic E-state index is 12.9. The highest BCUT2D eigenvalue weighted by Gasteiger charge is 2.21. The molecule has 3 rings (SSSR count). The minimum absolute atomic E-state index is 0.00705. The Bertz CT molecular complexity index is 857. The number of anilines is 2. The van der Waals surface area contributed by atoms with Crippen LogP contribution in [-0.4, -0.2) is 49.6 Å². The van der Waals surface area contributed by atoms with Crippen molar-refractivity contribution in [1.29, 1.82) is 0 Å². The molecule has 7 nitrogen and oxygen atoms in total. The summed E-state index contributed by atoms with van der Waals surface area (Å²) in [7, 11) is 1.68. The van der Waals surface area contributed by atoms with Crippen molar-refractivity contribution in [3.05, 3.63) is 48.3 Å². The molecular weight excluding hydrogens is 365 g/mol. The van der Waals surface area contributed by atoms with E-state index in [9.17, 15) is 14.0 Å². The molecule has 2 aromatic rings. The zero-order chi connectivity index (χ0) is 20.1. The van der Waals surface area contributed by atoms with Crippen LogP contribution in [0.3, 0.4) is 0 Å². The van der Waals surface area contributed by atoms with Crippen LogP contribution in [0.5, 0.6) is 11.5 Å². The van der Waals surface area contributed by atoms with E-state index >= 15 is 0 Å². The number of likely N-dealkylation sites (N-methyl/N-ethyl adjacent to an activating group) is 1. The first-order chi connectivity index (χ1) is 13.4. The van der Waals surface area contributed by atoms with Crippen LogP contribution in [0, 0.1) is 5.82 Å². The molecule has 1 atom stereocenters. The Hall–Kier alpha value is -3.13. The first kappa shape index (κ1) is 19.6. The molecule has 8 heteroatoms. The quantitative estimate of drug-likeness (QED) is 0.796. The Balaban J connectivity index is 1.53. The summed E-state index contributed by atoms with van der Waals surface area (Å²) in [4.78, 5) is 26.3. The van der Waals surface area contributed by atoms with Crippen molar-refractivity contribution in [2.24, 2.45) is 0 Å². The SMILES string of the molecule is C[C@@H](C(=O)Nc1ccc2c(c1)OCCO2)N(C)CC(=O)Nc1ccc(F)cc1. The lowest BCUT2D eigenvalue weighted by molar-refractivity contribution is -0.122. The third-order valence-corrected chi connectivity index (χ3v) is 4.37. The Labute approximate surface area is 162 Å². The Morgan fingerprint density at radius 2 is 1.68 bits per heavy atom. The Morgan fingerprint density at radius 1 is 1.04 bits per heavy atom. The molecule has 2 aromatic carbocycles. The highest BCUT2D eigenvalue weighted by atomic mass is 19.1. The van der Waals surface area contributed by atoms with Crippen molar-refractivity contribution in [1.82, 2.24) is 4.90 Å². The second-order valence-corrected chi connectivity index (χ2v) is 6.49. The summed E-state index contributed by atoms with van der Waals surface area (Å²) in [6.07, 6.45) is 0. The third kappa shape index (κ3) is 4.98. The molecule has 2 amide bonds. The van der Waals surface area contributed by atoms with Crippen LogP contribution in [0.2, 0.25) is 0 Å². The van der Waals surface area contributed by atoms with Crippen molar-refractivity contribution >= 4 is 23.2 Å². The minimum Gasteiger partial charge on any atom is -0.486 e. The predicted octanol–water partition coefficient (Wildman–Crippen LogP) is 2.49. The molecule has 0 bridgehead atoms. The van der Waals surface area contributed by atoms with Crippen molar-refractivity contribution < 1.29 is 23.5 Å². The zero-order valence-corrected chi connectivity index (χ0v) is 15.7. The number of hydrogen-bond donors (Lipinski definition) is 2. The topological polar surface area (TPSA) is 79.9 Å². The van der Waals surface area contributed by atoms with Gasteiger partial charge in [-0.1, -0.05) is 0 Å². The molecule has 0 radical (unpaired) electrons. The normalized spacial score (nSPS) is 13.7. The van der Waals surface area contributed by atoms with Gasteiger partial charge in [-0.2, -0.15) is 0 Å². The second kappa shape index (κ2) is 8.71. The second-order valence-electron chi connectivity index (χ2n) is 6.49. The minimum atomic E-state index is -0.549. The number of halogens is 1. The average Bonchev–Trinajstić information content (AvgIpc) is 2.69. The van der Waals surface area contributed by atoms with Gasteiger partial charge in [-0.3, -0.25) is 14.5 Å². The Kier molecular flexibility index (Phi) is 6.10. The first-order valence-electron chi connectivity index (χ1n) is 8.88. The zero-order valence-electron chi connectivity index (χ0n) is 15.7. The van der Waals surface area contributed by atoms with Crippen LogP contribution in [0.1, 0.15) is 6.92 Å². The van der Waals surface area contributed by atoms with E-state index in [1.165, 1.54) is 24.3 Å². The molecule has 148 valence electrons. The third-order valence-electron chi connectivity index (χ3n) is 4.37. The van der Waals surface area contributed by atoms with Gasteiger partial charge in [0.1, 0.15) is 19.0 Å². The summed E-state index contributed by atoms with van der Waals surface area (Å²) >= 11 is 0. The molecule has 0 saturated heterocycles. The van der Waals surface area contributed by atoms with E-state index in [0.717, 1.165) is 0 Å². The smallest absolute Gasteiger partial charge is 0.241 e.